The smallest absolute Gasteiger partial charge is 0.248 e. The number of alkyl halides is 1. The number of halogens is 1. The molecule has 6 nitrogen and oxygen atoms in total. The van der Waals surface area contributed by atoms with Crippen LogP contribution in [-0.2, 0) is 18.8 Å². The van der Waals surface area contributed by atoms with Gasteiger partial charge in [-0.25, -0.2) is 4.68 Å². The number of rotatable bonds is 5. The van der Waals surface area contributed by atoms with E-state index in [1.807, 2.05) is 0 Å². The number of aryl methyl sites for hydroxylation is 1. The summed E-state index contributed by atoms with van der Waals surface area (Å²) in [5.74, 6) is 1.62. The summed E-state index contributed by atoms with van der Waals surface area (Å²) in [6.07, 6.45) is 3.59. The summed E-state index contributed by atoms with van der Waals surface area (Å²) in [6.45, 7) is 2.50. The third-order valence-electron chi connectivity index (χ3n) is 2.00. The van der Waals surface area contributed by atoms with Crippen LogP contribution in [0.15, 0.2) is 10.7 Å². The van der Waals surface area contributed by atoms with E-state index >= 15 is 0 Å². The first kappa shape index (κ1) is 11.1. The fourth-order valence-corrected chi connectivity index (χ4v) is 1.42. The zero-order chi connectivity index (χ0) is 11.4. The predicted molar refractivity (Wildman–Crippen MR) is 57.0 cm³/mol. The van der Waals surface area contributed by atoms with Crippen molar-refractivity contribution in [1.82, 2.24) is 25.1 Å². The maximum absolute atomic E-state index is 5.62. The zero-order valence-electron chi connectivity index (χ0n) is 8.93. The second-order valence-corrected chi connectivity index (χ2v) is 3.66. The summed E-state index contributed by atoms with van der Waals surface area (Å²) < 4.78 is 6.71. The summed E-state index contributed by atoms with van der Waals surface area (Å²) in [7, 11) is 0. The Balaban J connectivity index is 2.02. The SMILES string of the molecule is CCCc1noc(Cn2cc(CCl)nn2)n1. The molecule has 0 unspecified atom stereocenters. The molecule has 0 aliphatic carbocycles. The van der Waals surface area contributed by atoms with Crippen molar-refractivity contribution in [3.05, 3.63) is 23.6 Å². The van der Waals surface area contributed by atoms with Gasteiger partial charge in [0.15, 0.2) is 5.82 Å². The zero-order valence-corrected chi connectivity index (χ0v) is 9.68. The van der Waals surface area contributed by atoms with Crippen LogP contribution < -0.4 is 0 Å². The number of hydrogen-bond donors (Lipinski definition) is 0. The molecule has 0 radical (unpaired) electrons. The lowest BCUT2D eigenvalue weighted by Gasteiger charge is -1.91. The van der Waals surface area contributed by atoms with Gasteiger partial charge in [0.2, 0.25) is 5.89 Å². The summed E-state index contributed by atoms with van der Waals surface area (Å²) in [6, 6.07) is 0. The second-order valence-electron chi connectivity index (χ2n) is 3.40. The second kappa shape index (κ2) is 5.07. The van der Waals surface area contributed by atoms with E-state index in [9.17, 15) is 0 Å². The average molecular weight is 242 g/mol. The monoisotopic (exact) mass is 241 g/mol. The number of hydrogen-bond acceptors (Lipinski definition) is 5. The Hall–Kier alpha value is -1.43. The molecule has 0 amide bonds. The van der Waals surface area contributed by atoms with Crippen LogP contribution in [0.3, 0.4) is 0 Å². The molecule has 2 aromatic rings. The van der Waals surface area contributed by atoms with Crippen molar-refractivity contribution in [3.63, 3.8) is 0 Å². The molecule has 2 aromatic heterocycles. The van der Waals surface area contributed by atoms with Gasteiger partial charge < -0.3 is 4.52 Å². The number of nitrogens with zero attached hydrogens (tertiary/aromatic N) is 5. The topological polar surface area (TPSA) is 69.6 Å². The van der Waals surface area contributed by atoms with Gasteiger partial charge in [-0.15, -0.1) is 16.7 Å². The molecule has 0 bridgehead atoms. The first-order valence-corrected chi connectivity index (χ1v) is 5.61. The Morgan fingerprint density at radius 2 is 2.38 bits per heavy atom. The molecule has 0 saturated heterocycles. The van der Waals surface area contributed by atoms with Crippen LogP contribution in [0.5, 0.6) is 0 Å². The van der Waals surface area contributed by atoms with Gasteiger partial charge in [0.25, 0.3) is 0 Å². The minimum Gasteiger partial charge on any atom is -0.337 e. The molecular weight excluding hydrogens is 230 g/mol. The van der Waals surface area contributed by atoms with Crippen LogP contribution in [0.25, 0.3) is 0 Å². The fourth-order valence-electron chi connectivity index (χ4n) is 1.30. The Morgan fingerprint density at radius 1 is 1.50 bits per heavy atom. The third-order valence-corrected chi connectivity index (χ3v) is 2.28. The lowest BCUT2D eigenvalue weighted by atomic mass is 10.3. The fraction of sp³-hybridized carbons (Fsp3) is 0.556. The van der Waals surface area contributed by atoms with Gasteiger partial charge in [0.05, 0.1) is 17.8 Å². The highest BCUT2D eigenvalue weighted by molar-refractivity contribution is 6.16. The first-order chi connectivity index (χ1) is 7.81. The highest BCUT2D eigenvalue weighted by atomic mass is 35.5. The Morgan fingerprint density at radius 3 is 3.06 bits per heavy atom. The molecule has 86 valence electrons. The molecule has 0 fully saturated rings. The highest BCUT2D eigenvalue weighted by Gasteiger charge is 2.07. The van der Waals surface area contributed by atoms with E-state index in [-0.39, 0.29) is 0 Å². The third kappa shape index (κ3) is 2.57. The largest absolute Gasteiger partial charge is 0.337 e. The lowest BCUT2D eigenvalue weighted by Crippen LogP contribution is -2.01. The van der Waals surface area contributed by atoms with Crippen molar-refractivity contribution in [2.24, 2.45) is 0 Å². The summed E-state index contributed by atoms with van der Waals surface area (Å²) in [4.78, 5) is 4.23. The maximum Gasteiger partial charge on any atom is 0.248 e. The van der Waals surface area contributed by atoms with Gasteiger partial charge in [-0.2, -0.15) is 4.98 Å². The van der Waals surface area contributed by atoms with Gasteiger partial charge in [-0.05, 0) is 6.42 Å². The van der Waals surface area contributed by atoms with Crippen LogP contribution >= 0.6 is 11.6 Å². The molecule has 2 rings (SSSR count). The van der Waals surface area contributed by atoms with E-state index in [0.29, 0.717) is 18.3 Å². The molecule has 0 aliphatic heterocycles. The van der Waals surface area contributed by atoms with Crippen molar-refractivity contribution in [1.29, 1.82) is 0 Å². The van der Waals surface area contributed by atoms with E-state index < -0.39 is 0 Å². The summed E-state index contributed by atoms with van der Waals surface area (Å²) >= 11 is 5.62. The molecule has 0 saturated carbocycles. The molecule has 2 heterocycles. The molecular formula is C9H12ClN5O. The predicted octanol–water partition coefficient (Wildman–Crippen LogP) is 1.40. The van der Waals surface area contributed by atoms with Crippen LogP contribution in [0.1, 0.15) is 30.8 Å². The molecule has 7 heteroatoms. The Bertz CT molecular complexity index is 452. The molecule has 0 spiro atoms. The van der Waals surface area contributed by atoms with Crippen LogP contribution in [0.2, 0.25) is 0 Å². The molecule has 0 aliphatic rings. The normalized spacial score (nSPS) is 10.9. The van der Waals surface area contributed by atoms with Crippen molar-refractivity contribution >= 4 is 11.6 Å². The van der Waals surface area contributed by atoms with Crippen LogP contribution in [-0.4, -0.2) is 25.1 Å². The van der Waals surface area contributed by atoms with Gasteiger partial charge in [0.1, 0.15) is 6.54 Å². The van der Waals surface area contributed by atoms with E-state index in [2.05, 4.69) is 27.4 Å². The van der Waals surface area contributed by atoms with Gasteiger partial charge in [0, 0.05) is 6.42 Å². The lowest BCUT2D eigenvalue weighted by molar-refractivity contribution is 0.359. The van der Waals surface area contributed by atoms with Crippen molar-refractivity contribution in [2.45, 2.75) is 32.2 Å². The van der Waals surface area contributed by atoms with E-state index in [0.717, 1.165) is 24.4 Å². The highest BCUT2D eigenvalue weighted by Crippen LogP contribution is 2.03. The van der Waals surface area contributed by atoms with Crippen molar-refractivity contribution in [3.8, 4) is 0 Å². The van der Waals surface area contributed by atoms with Gasteiger partial charge >= 0.3 is 0 Å². The molecule has 0 atom stereocenters. The van der Waals surface area contributed by atoms with Gasteiger partial charge in [-0.1, -0.05) is 17.3 Å². The molecule has 0 N–H and O–H groups in total. The van der Waals surface area contributed by atoms with E-state index in [1.165, 1.54) is 0 Å². The van der Waals surface area contributed by atoms with E-state index in [1.54, 1.807) is 10.9 Å². The number of aromatic nitrogens is 5. The van der Waals surface area contributed by atoms with Crippen molar-refractivity contribution in [2.75, 3.05) is 0 Å². The average Bonchev–Trinajstić information content (AvgIpc) is 2.89. The standard InChI is InChI=1S/C9H12ClN5O/c1-2-3-8-11-9(16-13-8)6-15-5-7(4-10)12-14-15/h5H,2-4,6H2,1H3. The van der Waals surface area contributed by atoms with Gasteiger partial charge in [-0.3, -0.25) is 0 Å². The Labute approximate surface area is 97.6 Å². The summed E-state index contributed by atoms with van der Waals surface area (Å²) in [5, 5.41) is 11.6. The van der Waals surface area contributed by atoms with Crippen LogP contribution in [0, 0.1) is 0 Å². The minimum absolute atomic E-state index is 0.352. The van der Waals surface area contributed by atoms with Crippen molar-refractivity contribution < 1.29 is 4.52 Å². The minimum atomic E-state index is 0.352. The maximum atomic E-state index is 5.62. The van der Waals surface area contributed by atoms with E-state index in [4.69, 9.17) is 16.1 Å². The molecule has 0 aromatic carbocycles. The summed E-state index contributed by atoms with van der Waals surface area (Å²) in [5.41, 5.74) is 0.731. The van der Waals surface area contributed by atoms with Crippen LogP contribution in [0.4, 0.5) is 0 Å². The first-order valence-electron chi connectivity index (χ1n) is 5.08. The molecule has 16 heavy (non-hydrogen) atoms. The Kier molecular flexibility index (Phi) is 3.51. The quantitative estimate of drug-likeness (QED) is 0.740.